The molecule has 1 aliphatic rings. The average molecular weight is 526 g/mol. The van der Waals surface area contributed by atoms with Crippen LogP contribution >= 0.6 is 23.4 Å². The summed E-state index contributed by atoms with van der Waals surface area (Å²) in [7, 11) is 0. The fourth-order valence-corrected chi connectivity index (χ4v) is 4.88. The highest BCUT2D eigenvalue weighted by atomic mass is 35.5. The number of thioether (sulfide) groups is 1. The molecule has 1 saturated heterocycles. The number of fused-ring (bicyclic) bond motifs is 1. The number of halogens is 1. The standard InChI is InChI=1S/C27H24ClNO6S/c1-3-33-22-13-17(14-23-26(31)29(27(32)36-23)15-24(30)34-4-2)12-21(28)25(22)35-16-19-10-7-9-18-8-5-6-11-20(18)19/h5-14H,3-4,15-16H2,1-2H3/b23-14+. The van der Waals surface area contributed by atoms with Crippen LogP contribution in [-0.4, -0.2) is 41.8 Å². The van der Waals surface area contributed by atoms with Crippen molar-refractivity contribution in [2.45, 2.75) is 20.5 Å². The molecule has 1 aliphatic heterocycles. The van der Waals surface area contributed by atoms with Crippen LogP contribution in [-0.2, 0) is 20.9 Å². The first-order valence-corrected chi connectivity index (χ1v) is 12.6. The fourth-order valence-electron chi connectivity index (χ4n) is 3.77. The lowest BCUT2D eigenvalue weighted by atomic mass is 10.1. The lowest BCUT2D eigenvalue weighted by Gasteiger charge is -2.15. The molecule has 0 saturated carbocycles. The molecule has 3 aromatic rings. The van der Waals surface area contributed by atoms with E-state index in [4.69, 9.17) is 25.8 Å². The minimum Gasteiger partial charge on any atom is -0.490 e. The van der Waals surface area contributed by atoms with Gasteiger partial charge in [0, 0.05) is 0 Å². The number of ether oxygens (including phenoxy) is 3. The molecule has 0 N–H and O–H groups in total. The first kappa shape index (κ1) is 25.6. The van der Waals surface area contributed by atoms with E-state index in [1.807, 2.05) is 49.4 Å². The molecule has 1 fully saturated rings. The third kappa shape index (κ3) is 5.66. The number of esters is 1. The van der Waals surface area contributed by atoms with Crippen LogP contribution in [0.1, 0.15) is 25.0 Å². The summed E-state index contributed by atoms with van der Waals surface area (Å²) in [5.41, 5.74) is 1.56. The predicted octanol–water partition coefficient (Wildman–Crippen LogP) is 6.07. The van der Waals surface area contributed by atoms with Crippen molar-refractivity contribution in [3.05, 3.63) is 75.7 Å². The maximum Gasteiger partial charge on any atom is 0.326 e. The Morgan fingerprint density at radius 3 is 2.58 bits per heavy atom. The van der Waals surface area contributed by atoms with Crippen LogP contribution in [0.3, 0.4) is 0 Å². The molecule has 9 heteroatoms. The highest BCUT2D eigenvalue weighted by Crippen LogP contribution is 2.40. The van der Waals surface area contributed by atoms with Gasteiger partial charge in [0.05, 0.1) is 23.1 Å². The van der Waals surface area contributed by atoms with E-state index in [0.717, 1.165) is 33.0 Å². The van der Waals surface area contributed by atoms with E-state index in [-0.39, 0.29) is 18.1 Å². The van der Waals surface area contributed by atoms with Gasteiger partial charge >= 0.3 is 5.97 Å². The van der Waals surface area contributed by atoms with E-state index in [2.05, 4.69) is 0 Å². The molecule has 0 unspecified atom stereocenters. The minimum absolute atomic E-state index is 0.165. The molecule has 7 nitrogen and oxygen atoms in total. The van der Waals surface area contributed by atoms with Gasteiger partial charge in [0.2, 0.25) is 0 Å². The van der Waals surface area contributed by atoms with Crippen LogP contribution in [0.25, 0.3) is 16.8 Å². The van der Waals surface area contributed by atoms with Gasteiger partial charge in [-0.25, -0.2) is 0 Å². The highest BCUT2D eigenvalue weighted by molar-refractivity contribution is 8.18. The number of carbonyl (C=O) groups is 3. The lowest BCUT2D eigenvalue weighted by molar-refractivity contribution is -0.145. The largest absolute Gasteiger partial charge is 0.490 e. The highest BCUT2D eigenvalue weighted by Gasteiger charge is 2.36. The normalized spacial score (nSPS) is 14.5. The summed E-state index contributed by atoms with van der Waals surface area (Å²) in [6.07, 6.45) is 1.54. The maximum absolute atomic E-state index is 12.7. The number of rotatable bonds is 9. The Balaban J connectivity index is 1.57. The number of imide groups is 1. The molecule has 186 valence electrons. The maximum atomic E-state index is 12.7. The molecule has 0 aliphatic carbocycles. The summed E-state index contributed by atoms with van der Waals surface area (Å²) in [6, 6.07) is 17.4. The van der Waals surface area contributed by atoms with Crippen LogP contribution in [0, 0.1) is 0 Å². The summed E-state index contributed by atoms with van der Waals surface area (Å²) in [4.78, 5) is 37.8. The van der Waals surface area contributed by atoms with Crippen molar-refractivity contribution in [2.24, 2.45) is 0 Å². The molecular weight excluding hydrogens is 502 g/mol. The molecule has 0 aromatic heterocycles. The molecule has 0 spiro atoms. The molecule has 1 heterocycles. The number of hydrogen-bond acceptors (Lipinski definition) is 7. The van der Waals surface area contributed by atoms with Gasteiger partial charge in [0.1, 0.15) is 13.2 Å². The second-order valence-corrected chi connectivity index (χ2v) is 9.16. The van der Waals surface area contributed by atoms with Gasteiger partial charge in [-0.1, -0.05) is 54.1 Å². The Kier molecular flexibility index (Phi) is 8.18. The van der Waals surface area contributed by atoms with Crippen molar-refractivity contribution in [1.29, 1.82) is 0 Å². The van der Waals surface area contributed by atoms with Gasteiger partial charge in [0.15, 0.2) is 11.5 Å². The monoisotopic (exact) mass is 525 g/mol. The first-order chi connectivity index (χ1) is 17.4. The Labute approximate surface area is 218 Å². The van der Waals surface area contributed by atoms with Gasteiger partial charge in [-0.2, -0.15) is 0 Å². The molecule has 4 rings (SSSR count). The van der Waals surface area contributed by atoms with E-state index in [0.29, 0.717) is 28.7 Å². The van der Waals surface area contributed by atoms with E-state index < -0.39 is 23.7 Å². The van der Waals surface area contributed by atoms with Crippen molar-refractivity contribution in [3.63, 3.8) is 0 Å². The quantitative estimate of drug-likeness (QED) is 0.247. The number of amides is 2. The summed E-state index contributed by atoms with van der Waals surface area (Å²) < 4.78 is 16.7. The second kappa shape index (κ2) is 11.5. The Bertz CT molecular complexity index is 1350. The molecule has 2 amide bonds. The van der Waals surface area contributed by atoms with Crippen molar-refractivity contribution >= 4 is 57.3 Å². The minimum atomic E-state index is -0.643. The lowest BCUT2D eigenvalue weighted by Crippen LogP contribution is -2.34. The van der Waals surface area contributed by atoms with Crippen LogP contribution in [0.5, 0.6) is 11.5 Å². The van der Waals surface area contributed by atoms with E-state index in [9.17, 15) is 14.4 Å². The van der Waals surface area contributed by atoms with Crippen LogP contribution in [0.4, 0.5) is 4.79 Å². The van der Waals surface area contributed by atoms with Gasteiger partial charge < -0.3 is 14.2 Å². The Morgan fingerprint density at radius 1 is 1.03 bits per heavy atom. The van der Waals surface area contributed by atoms with Gasteiger partial charge in [-0.3, -0.25) is 19.3 Å². The zero-order valence-corrected chi connectivity index (χ0v) is 21.4. The van der Waals surface area contributed by atoms with E-state index in [1.54, 1.807) is 25.1 Å². The SMILES string of the molecule is CCOC(=O)CN1C(=O)S/C(=C/c2cc(Cl)c(OCc3cccc4ccccc34)c(OCC)c2)C1=O. The number of hydrogen-bond donors (Lipinski definition) is 0. The van der Waals surface area contributed by atoms with Gasteiger partial charge in [-0.15, -0.1) is 0 Å². The number of benzene rings is 3. The third-order valence-electron chi connectivity index (χ3n) is 5.35. The molecular formula is C27H24ClNO6S. The van der Waals surface area contributed by atoms with Gasteiger partial charge in [0.25, 0.3) is 11.1 Å². The van der Waals surface area contributed by atoms with E-state index >= 15 is 0 Å². The van der Waals surface area contributed by atoms with E-state index in [1.165, 1.54) is 0 Å². The zero-order chi connectivity index (χ0) is 25.7. The fraction of sp³-hybridized carbons (Fsp3) is 0.222. The molecule has 0 atom stereocenters. The second-order valence-electron chi connectivity index (χ2n) is 7.76. The third-order valence-corrected chi connectivity index (χ3v) is 6.54. The van der Waals surface area contributed by atoms with Crippen molar-refractivity contribution in [3.8, 4) is 11.5 Å². The first-order valence-electron chi connectivity index (χ1n) is 11.4. The molecule has 0 bridgehead atoms. The summed E-state index contributed by atoms with van der Waals surface area (Å²) in [5, 5.41) is 1.97. The van der Waals surface area contributed by atoms with Gasteiger partial charge in [-0.05, 0) is 65.7 Å². The summed E-state index contributed by atoms with van der Waals surface area (Å²) in [5.74, 6) is -0.403. The smallest absolute Gasteiger partial charge is 0.326 e. The van der Waals surface area contributed by atoms with Crippen LogP contribution < -0.4 is 9.47 Å². The number of carbonyl (C=O) groups excluding carboxylic acids is 3. The van der Waals surface area contributed by atoms with Crippen LogP contribution in [0.2, 0.25) is 5.02 Å². The molecule has 0 radical (unpaired) electrons. The van der Waals surface area contributed by atoms with Crippen molar-refractivity contribution in [2.75, 3.05) is 19.8 Å². The molecule has 36 heavy (non-hydrogen) atoms. The van der Waals surface area contributed by atoms with Crippen LogP contribution in [0.15, 0.2) is 59.5 Å². The topological polar surface area (TPSA) is 82.1 Å². The predicted molar refractivity (Wildman–Crippen MR) is 140 cm³/mol. The Hall–Kier alpha value is -3.49. The average Bonchev–Trinajstić information content (AvgIpc) is 3.11. The molecule has 3 aromatic carbocycles. The summed E-state index contributed by atoms with van der Waals surface area (Å²) >= 11 is 7.32. The summed E-state index contributed by atoms with van der Waals surface area (Å²) in [6.45, 7) is 3.89. The number of nitrogens with zero attached hydrogens (tertiary/aromatic N) is 1. The van der Waals surface area contributed by atoms with Crippen molar-refractivity contribution < 1.29 is 28.6 Å². The zero-order valence-electron chi connectivity index (χ0n) is 19.8. The van der Waals surface area contributed by atoms with Crippen molar-refractivity contribution in [1.82, 2.24) is 4.90 Å². The Morgan fingerprint density at radius 2 is 1.81 bits per heavy atom.